The molecule has 1 aliphatic rings. The molecule has 3 nitrogen and oxygen atoms in total. The Hall–Kier alpha value is -6.23. The summed E-state index contributed by atoms with van der Waals surface area (Å²) in [5.41, 5.74) is 13.2. The Morgan fingerprint density at radius 2 is 0.962 bits per heavy atom. The van der Waals surface area contributed by atoms with Gasteiger partial charge in [-0.05, 0) is 62.7 Å². The molecule has 0 saturated heterocycles. The smallest absolute Gasteiger partial charge is 0.164 e. The quantitative estimate of drug-likeness (QED) is 0.181. The number of rotatable bonds is 5. The van der Waals surface area contributed by atoms with Gasteiger partial charge < -0.3 is 0 Å². The minimum absolute atomic E-state index is 0.0580. The van der Waals surface area contributed by atoms with Gasteiger partial charge in [0.05, 0.1) is 0 Å². The number of fused-ring (bicyclic) bond motifs is 6. The normalized spacial score (nSPS) is 13.0. The van der Waals surface area contributed by atoms with Crippen molar-refractivity contribution in [3.05, 3.63) is 175 Å². The van der Waals surface area contributed by atoms with E-state index in [2.05, 4.69) is 141 Å². The molecule has 0 radical (unpaired) electrons. The number of aromatic nitrogens is 3. The van der Waals surface area contributed by atoms with Crippen LogP contribution in [0, 0.1) is 0 Å². The third-order valence-electron chi connectivity index (χ3n) is 10.6. The largest absolute Gasteiger partial charge is 0.208 e. The van der Waals surface area contributed by atoms with Crippen LogP contribution in [0.25, 0.3) is 87.7 Å². The average Bonchev–Trinajstić information content (AvgIpc) is 3.70. The highest BCUT2D eigenvalue weighted by molar-refractivity contribution is 7.26. The molecule has 52 heavy (non-hydrogen) atoms. The van der Waals surface area contributed by atoms with Crippen molar-refractivity contribution in [2.75, 3.05) is 0 Å². The predicted octanol–water partition coefficient (Wildman–Crippen LogP) is 12.9. The second kappa shape index (κ2) is 11.9. The minimum Gasteiger partial charge on any atom is -0.208 e. The molecule has 0 unspecified atom stereocenters. The van der Waals surface area contributed by atoms with Crippen LogP contribution in [0.1, 0.15) is 25.0 Å². The van der Waals surface area contributed by atoms with E-state index in [0.717, 1.165) is 16.7 Å². The highest BCUT2D eigenvalue weighted by Gasteiger charge is 2.36. The van der Waals surface area contributed by atoms with Gasteiger partial charge in [0.15, 0.2) is 17.5 Å². The second-order valence-electron chi connectivity index (χ2n) is 14.0. The van der Waals surface area contributed by atoms with Gasteiger partial charge in [0.25, 0.3) is 0 Å². The van der Waals surface area contributed by atoms with Crippen LogP contribution in [0.4, 0.5) is 0 Å². The Balaban J connectivity index is 1.17. The summed E-state index contributed by atoms with van der Waals surface area (Å²) in [5.74, 6) is 2.00. The van der Waals surface area contributed by atoms with Gasteiger partial charge in [0.1, 0.15) is 0 Å². The fraction of sp³-hybridized carbons (Fsp3) is 0.0625. The van der Waals surface area contributed by atoms with Crippen LogP contribution in [0.15, 0.2) is 164 Å². The second-order valence-corrected chi connectivity index (χ2v) is 15.1. The molecule has 0 amide bonds. The molecule has 0 spiro atoms. The zero-order valence-corrected chi connectivity index (χ0v) is 29.7. The molecule has 246 valence electrons. The van der Waals surface area contributed by atoms with E-state index in [4.69, 9.17) is 15.0 Å². The van der Waals surface area contributed by atoms with E-state index in [9.17, 15) is 0 Å². The monoisotopic (exact) mass is 683 g/mol. The summed E-state index contributed by atoms with van der Waals surface area (Å²) < 4.78 is 2.45. The van der Waals surface area contributed by atoms with Gasteiger partial charge in [-0.15, -0.1) is 11.3 Å². The van der Waals surface area contributed by atoms with Crippen molar-refractivity contribution in [2.24, 2.45) is 0 Å². The third kappa shape index (κ3) is 4.83. The number of benzene rings is 7. The lowest BCUT2D eigenvalue weighted by Gasteiger charge is -2.22. The predicted molar refractivity (Wildman–Crippen MR) is 217 cm³/mol. The maximum Gasteiger partial charge on any atom is 0.164 e. The summed E-state index contributed by atoms with van der Waals surface area (Å²) >= 11 is 1.81. The number of nitrogens with zero attached hydrogens (tertiary/aromatic N) is 3. The van der Waals surface area contributed by atoms with Crippen molar-refractivity contribution in [3.8, 4) is 67.5 Å². The number of hydrogen-bond donors (Lipinski definition) is 0. The third-order valence-corrected chi connectivity index (χ3v) is 11.7. The Kier molecular flexibility index (Phi) is 7.02. The van der Waals surface area contributed by atoms with E-state index >= 15 is 0 Å². The molecule has 10 rings (SSSR count). The number of hydrogen-bond acceptors (Lipinski definition) is 4. The summed E-state index contributed by atoms with van der Waals surface area (Å²) in [7, 11) is 0. The Morgan fingerprint density at radius 1 is 0.404 bits per heavy atom. The van der Waals surface area contributed by atoms with Crippen LogP contribution in [-0.4, -0.2) is 15.0 Å². The van der Waals surface area contributed by atoms with E-state index in [-0.39, 0.29) is 5.41 Å². The summed E-state index contributed by atoms with van der Waals surface area (Å²) in [6, 6.07) is 58.3. The fourth-order valence-electron chi connectivity index (χ4n) is 8.06. The van der Waals surface area contributed by atoms with Crippen molar-refractivity contribution in [1.29, 1.82) is 0 Å². The van der Waals surface area contributed by atoms with Crippen LogP contribution in [0.3, 0.4) is 0 Å². The summed E-state index contributed by atoms with van der Waals surface area (Å²) in [5, 5.41) is 2.37. The fourth-order valence-corrected chi connectivity index (χ4v) is 9.17. The van der Waals surface area contributed by atoms with Crippen LogP contribution >= 0.6 is 11.3 Å². The molecule has 0 saturated carbocycles. The van der Waals surface area contributed by atoms with E-state index in [1.165, 1.54) is 64.7 Å². The molecule has 0 aliphatic heterocycles. The molecule has 0 fully saturated rings. The van der Waals surface area contributed by atoms with Crippen LogP contribution in [-0.2, 0) is 5.41 Å². The van der Waals surface area contributed by atoms with Crippen molar-refractivity contribution in [3.63, 3.8) is 0 Å². The van der Waals surface area contributed by atoms with E-state index in [1.54, 1.807) is 0 Å². The highest BCUT2D eigenvalue weighted by atomic mass is 32.1. The lowest BCUT2D eigenvalue weighted by Crippen LogP contribution is -2.14. The molecule has 1 aliphatic carbocycles. The number of thiophene rings is 1. The van der Waals surface area contributed by atoms with E-state index in [1.807, 2.05) is 47.7 Å². The van der Waals surface area contributed by atoms with Gasteiger partial charge in [0, 0.05) is 42.3 Å². The maximum absolute atomic E-state index is 5.12. The Labute approximate surface area is 307 Å². The van der Waals surface area contributed by atoms with Gasteiger partial charge in [-0.3, -0.25) is 0 Å². The molecule has 0 N–H and O–H groups in total. The molecule has 4 heteroatoms. The van der Waals surface area contributed by atoms with Crippen LogP contribution in [0.5, 0.6) is 0 Å². The van der Waals surface area contributed by atoms with Crippen molar-refractivity contribution in [2.45, 2.75) is 19.3 Å². The molecule has 0 bridgehead atoms. The first-order valence-electron chi connectivity index (χ1n) is 17.7. The zero-order chi connectivity index (χ0) is 34.8. The first-order valence-corrected chi connectivity index (χ1v) is 18.5. The summed E-state index contributed by atoms with van der Waals surface area (Å²) in [6.45, 7) is 4.69. The first kappa shape index (κ1) is 30.6. The molecule has 9 aromatic rings. The Bertz CT molecular complexity index is 2760. The van der Waals surface area contributed by atoms with E-state index < -0.39 is 0 Å². The maximum atomic E-state index is 5.12. The van der Waals surface area contributed by atoms with Gasteiger partial charge in [0.2, 0.25) is 0 Å². The SMILES string of the molecule is CC1(C)c2ccccc2-c2c(-c3ccccc3-c3ccc4sc5cccc(-c6nc(-c7ccccc7)nc(-c7ccccc7)n6)c5c4c3)cccc21. The van der Waals surface area contributed by atoms with E-state index in [0.29, 0.717) is 17.5 Å². The highest BCUT2D eigenvalue weighted by Crippen LogP contribution is 2.53. The summed E-state index contributed by atoms with van der Waals surface area (Å²) in [4.78, 5) is 15.2. The average molecular weight is 684 g/mol. The van der Waals surface area contributed by atoms with Gasteiger partial charge in [-0.1, -0.05) is 159 Å². The van der Waals surface area contributed by atoms with Gasteiger partial charge in [-0.25, -0.2) is 15.0 Å². The molecule has 2 aromatic heterocycles. The van der Waals surface area contributed by atoms with Crippen molar-refractivity contribution >= 4 is 31.5 Å². The van der Waals surface area contributed by atoms with Crippen LogP contribution < -0.4 is 0 Å². The zero-order valence-electron chi connectivity index (χ0n) is 28.8. The van der Waals surface area contributed by atoms with Crippen molar-refractivity contribution < 1.29 is 0 Å². The van der Waals surface area contributed by atoms with Crippen LogP contribution in [0.2, 0.25) is 0 Å². The van der Waals surface area contributed by atoms with Gasteiger partial charge in [-0.2, -0.15) is 0 Å². The van der Waals surface area contributed by atoms with Crippen molar-refractivity contribution in [1.82, 2.24) is 15.0 Å². The Morgan fingerprint density at radius 3 is 1.69 bits per heavy atom. The van der Waals surface area contributed by atoms with Gasteiger partial charge >= 0.3 is 0 Å². The topological polar surface area (TPSA) is 38.7 Å². The molecule has 0 atom stereocenters. The molecular weight excluding hydrogens is 651 g/mol. The molecule has 7 aromatic carbocycles. The lowest BCUT2D eigenvalue weighted by atomic mass is 9.81. The summed E-state index contributed by atoms with van der Waals surface area (Å²) in [6.07, 6.45) is 0. The standard InChI is InChI=1S/C48H33N3S/c1-48(2)39-24-12-11-21-36(39)43-35(22-13-25-40(43)48)34-20-10-9-19-33(34)32-27-28-41-38(29-32)44-37(23-14-26-42(44)52-41)47-50-45(30-15-5-3-6-16-30)49-46(51-47)31-17-7-4-8-18-31/h3-29H,1-2H3. The molecular formula is C48H33N3S. The molecule has 2 heterocycles. The minimum atomic E-state index is -0.0580. The lowest BCUT2D eigenvalue weighted by molar-refractivity contribution is 0.660. The first-order chi connectivity index (χ1) is 25.5.